The molecule has 0 N–H and O–H groups in total. The third-order valence-corrected chi connectivity index (χ3v) is 2.41. The predicted molar refractivity (Wildman–Crippen MR) is 42.0 cm³/mol. The highest BCUT2D eigenvalue weighted by molar-refractivity contribution is 4.86. The number of rotatable bonds is 1. The summed E-state index contributed by atoms with van der Waals surface area (Å²) in [5.74, 6) is 0.862. The maximum absolute atomic E-state index is 4.06. The molecule has 1 aromatic heterocycles. The van der Waals surface area contributed by atoms with Crippen LogP contribution in [0.3, 0.4) is 0 Å². The molecule has 1 saturated carbocycles. The lowest BCUT2D eigenvalue weighted by Crippen LogP contribution is -2.36. The van der Waals surface area contributed by atoms with E-state index in [2.05, 4.69) is 29.6 Å². The van der Waals surface area contributed by atoms with Crippen molar-refractivity contribution in [1.29, 1.82) is 0 Å². The van der Waals surface area contributed by atoms with Crippen molar-refractivity contribution in [2.24, 2.45) is 5.92 Å². The minimum absolute atomic E-state index is 0.748. The number of hydrogen-bond donors (Lipinski definition) is 0. The van der Waals surface area contributed by atoms with Crippen molar-refractivity contribution in [2.75, 3.05) is 0 Å². The van der Waals surface area contributed by atoms with Crippen LogP contribution in [0.2, 0.25) is 0 Å². The van der Waals surface area contributed by atoms with E-state index >= 15 is 0 Å². The quantitative estimate of drug-likeness (QED) is 0.549. The Bertz CT molecular complexity index is 270. The zero-order chi connectivity index (χ0) is 7.84. The maximum atomic E-state index is 4.06. The fraction of sp³-hybridized carbons (Fsp3) is 0.556. The Morgan fingerprint density at radius 2 is 2.36 bits per heavy atom. The first-order valence-corrected chi connectivity index (χ1v) is 4.11. The van der Waals surface area contributed by atoms with Gasteiger partial charge in [0.1, 0.15) is 0 Å². The van der Waals surface area contributed by atoms with Gasteiger partial charge in [0.2, 0.25) is 0 Å². The molecule has 0 saturated heterocycles. The second-order valence-electron chi connectivity index (χ2n) is 3.41. The molecule has 2 atom stereocenters. The van der Waals surface area contributed by atoms with Crippen molar-refractivity contribution >= 4 is 0 Å². The second kappa shape index (κ2) is 2.29. The third kappa shape index (κ3) is 1.13. The number of nitrogens with zero attached hydrogens (tertiary/aromatic N) is 2. The van der Waals surface area contributed by atoms with Crippen molar-refractivity contribution in [3.05, 3.63) is 24.3 Å². The van der Waals surface area contributed by atoms with E-state index < -0.39 is 0 Å². The Hall–Kier alpha value is -0.920. The van der Waals surface area contributed by atoms with Gasteiger partial charge in [-0.1, -0.05) is 6.92 Å². The Morgan fingerprint density at radius 1 is 1.64 bits per heavy atom. The standard InChI is InChI=1S/C9H13N2/c1-7-5-9(7)11-4-3-10-6-8(11)2/h3-4,6-7,9H,5H2,1-2H3/q+1. The molecule has 0 radical (unpaired) electrons. The van der Waals surface area contributed by atoms with Gasteiger partial charge in [-0.25, -0.2) is 0 Å². The molecule has 2 rings (SSSR count). The van der Waals surface area contributed by atoms with Crippen LogP contribution in [0, 0.1) is 12.8 Å². The summed E-state index contributed by atoms with van der Waals surface area (Å²) in [6.07, 6.45) is 7.18. The lowest BCUT2D eigenvalue weighted by atomic mass is 10.4. The van der Waals surface area contributed by atoms with Crippen molar-refractivity contribution in [2.45, 2.75) is 26.3 Å². The van der Waals surface area contributed by atoms with E-state index in [0.717, 1.165) is 12.0 Å². The fourth-order valence-electron chi connectivity index (χ4n) is 1.51. The molecule has 1 aromatic rings. The lowest BCUT2D eigenvalue weighted by Gasteiger charge is -1.95. The van der Waals surface area contributed by atoms with Crippen LogP contribution in [0.4, 0.5) is 0 Å². The molecule has 0 bridgehead atoms. The van der Waals surface area contributed by atoms with Gasteiger partial charge in [0.15, 0.2) is 17.9 Å². The van der Waals surface area contributed by atoms with Crippen LogP contribution in [-0.4, -0.2) is 4.98 Å². The average molecular weight is 149 g/mol. The van der Waals surface area contributed by atoms with E-state index in [9.17, 15) is 0 Å². The average Bonchev–Trinajstić information content (AvgIpc) is 2.68. The van der Waals surface area contributed by atoms with Crippen molar-refractivity contribution in [1.82, 2.24) is 4.98 Å². The summed E-state index contributed by atoms with van der Waals surface area (Å²) in [7, 11) is 0. The molecule has 11 heavy (non-hydrogen) atoms. The van der Waals surface area contributed by atoms with Crippen LogP contribution in [0.1, 0.15) is 25.1 Å². The van der Waals surface area contributed by atoms with Gasteiger partial charge in [0.05, 0.1) is 12.4 Å². The minimum atomic E-state index is 0.748. The molecule has 0 aliphatic heterocycles. The van der Waals surface area contributed by atoms with E-state index in [1.165, 1.54) is 12.1 Å². The van der Waals surface area contributed by atoms with Gasteiger partial charge in [0.25, 0.3) is 0 Å². The van der Waals surface area contributed by atoms with Gasteiger partial charge in [-0.05, 0) is 0 Å². The first-order valence-electron chi connectivity index (χ1n) is 4.11. The molecular weight excluding hydrogens is 136 g/mol. The van der Waals surface area contributed by atoms with E-state index in [-0.39, 0.29) is 0 Å². The molecule has 1 aliphatic carbocycles. The monoisotopic (exact) mass is 149 g/mol. The predicted octanol–water partition coefficient (Wildman–Crippen LogP) is 1.26. The van der Waals surface area contributed by atoms with Crippen LogP contribution in [0.5, 0.6) is 0 Å². The normalized spacial score (nSPS) is 28.5. The first kappa shape index (κ1) is 6.77. The molecule has 1 fully saturated rings. The topological polar surface area (TPSA) is 16.8 Å². The summed E-state index contributed by atoms with van der Waals surface area (Å²) in [6.45, 7) is 4.40. The molecule has 0 spiro atoms. The highest BCUT2D eigenvalue weighted by Gasteiger charge is 2.42. The first-order chi connectivity index (χ1) is 5.29. The largest absolute Gasteiger partial charge is 0.252 e. The highest BCUT2D eigenvalue weighted by Crippen LogP contribution is 2.37. The SMILES string of the molecule is Cc1cncc[n+]1C1CC1C. The van der Waals surface area contributed by atoms with Crippen molar-refractivity contribution < 1.29 is 4.57 Å². The van der Waals surface area contributed by atoms with E-state index in [1.54, 1.807) is 0 Å². The number of aryl methyl sites for hydroxylation is 1. The zero-order valence-electron chi connectivity index (χ0n) is 6.99. The molecule has 1 heterocycles. The fourth-order valence-corrected chi connectivity index (χ4v) is 1.51. The van der Waals surface area contributed by atoms with Gasteiger partial charge in [-0.2, -0.15) is 4.57 Å². The Balaban J connectivity index is 2.31. The molecule has 58 valence electrons. The summed E-state index contributed by atoms with van der Waals surface area (Å²) in [6, 6.07) is 0.748. The number of aromatic nitrogens is 2. The summed E-state index contributed by atoms with van der Waals surface area (Å²) in [5, 5.41) is 0. The summed E-state index contributed by atoms with van der Waals surface area (Å²) >= 11 is 0. The molecule has 0 aromatic carbocycles. The van der Waals surface area contributed by atoms with Crippen LogP contribution >= 0.6 is 0 Å². The van der Waals surface area contributed by atoms with Crippen molar-refractivity contribution in [3.63, 3.8) is 0 Å². The van der Waals surface area contributed by atoms with Crippen molar-refractivity contribution in [3.8, 4) is 0 Å². The molecular formula is C9H13N2+. The van der Waals surface area contributed by atoms with Crippen LogP contribution in [-0.2, 0) is 0 Å². The third-order valence-electron chi connectivity index (χ3n) is 2.41. The summed E-state index contributed by atoms with van der Waals surface area (Å²) in [4.78, 5) is 4.06. The number of hydrogen-bond acceptors (Lipinski definition) is 1. The maximum Gasteiger partial charge on any atom is 0.196 e. The van der Waals surface area contributed by atoms with E-state index in [1.807, 2.05) is 12.4 Å². The van der Waals surface area contributed by atoms with E-state index in [4.69, 9.17) is 0 Å². The van der Waals surface area contributed by atoms with Gasteiger partial charge in [-0.15, -0.1) is 0 Å². The van der Waals surface area contributed by atoms with E-state index in [0.29, 0.717) is 0 Å². The Morgan fingerprint density at radius 3 is 2.91 bits per heavy atom. The summed E-state index contributed by atoms with van der Waals surface area (Å²) < 4.78 is 2.32. The molecule has 1 aliphatic rings. The Kier molecular flexibility index (Phi) is 1.41. The summed E-state index contributed by atoms with van der Waals surface area (Å²) in [5.41, 5.74) is 1.27. The van der Waals surface area contributed by atoms with Gasteiger partial charge >= 0.3 is 0 Å². The lowest BCUT2D eigenvalue weighted by molar-refractivity contribution is -0.709. The van der Waals surface area contributed by atoms with Crippen LogP contribution < -0.4 is 4.57 Å². The molecule has 2 heteroatoms. The van der Waals surface area contributed by atoms with Crippen LogP contribution in [0.15, 0.2) is 18.6 Å². The van der Waals surface area contributed by atoms with Gasteiger partial charge < -0.3 is 0 Å². The molecule has 0 amide bonds. The smallest absolute Gasteiger partial charge is 0.196 e. The molecule has 2 nitrogen and oxygen atoms in total. The second-order valence-corrected chi connectivity index (χ2v) is 3.41. The molecule has 2 unspecified atom stereocenters. The van der Waals surface area contributed by atoms with Gasteiger partial charge in [0, 0.05) is 19.3 Å². The van der Waals surface area contributed by atoms with Crippen LogP contribution in [0.25, 0.3) is 0 Å². The highest BCUT2D eigenvalue weighted by atomic mass is 15.1. The van der Waals surface area contributed by atoms with Gasteiger partial charge in [-0.3, -0.25) is 4.98 Å². The zero-order valence-corrected chi connectivity index (χ0v) is 6.99. The Labute approximate surface area is 66.9 Å². The minimum Gasteiger partial charge on any atom is -0.252 e.